The van der Waals surface area contributed by atoms with Crippen molar-refractivity contribution in [1.82, 2.24) is 10.2 Å². The number of likely N-dealkylation sites (tertiary alicyclic amines) is 1. The number of carbonyl (C=O) groups is 2. The first-order chi connectivity index (χ1) is 11.7. The number of hydrogen-bond acceptors (Lipinski definition) is 3. The van der Waals surface area contributed by atoms with Crippen LogP contribution in [0.5, 0.6) is 0 Å². The third kappa shape index (κ3) is 5.30. The lowest BCUT2D eigenvalue weighted by atomic mass is 9.81. The van der Waals surface area contributed by atoms with Gasteiger partial charge in [-0.2, -0.15) is 0 Å². The van der Waals surface area contributed by atoms with Crippen molar-refractivity contribution in [3.8, 4) is 0 Å². The van der Waals surface area contributed by atoms with Gasteiger partial charge in [-0.1, -0.05) is 37.6 Å². The minimum atomic E-state index is -0.223. The number of piperidine rings is 1. The molecule has 0 aromatic heterocycles. The number of nitrogens with two attached hydrogens (primary N) is 1. The molecule has 1 aliphatic heterocycles. The molecule has 0 saturated carbocycles. The third-order valence-corrected chi connectivity index (χ3v) is 5.20. The number of aryl methyl sites for hydroxylation is 2. The lowest BCUT2D eigenvalue weighted by Crippen LogP contribution is -2.45. The quantitative estimate of drug-likeness (QED) is 0.827. The fraction of sp³-hybridized carbons (Fsp3) is 0.600. The Hall–Kier alpha value is -1.88. The maximum Gasteiger partial charge on any atom is 0.234 e. The molecule has 1 fully saturated rings. The number of primary amides is 1. The number of benzene rings is 1. The zero-order valence-corrected chi connectivity index (χ0v) is 15.9. The average molecular weight is 345 g/mol. The van der Waals surface area contributed by atoms with Crippen molar-refractivity contribution in [1.29, 1.82) is 0 Å². The second-order valence-electron chi connectivity index (χ2n) is 7.93. The molecule has 1 heterocycles. The number of rotatable bonds is 6. The summed E-state index contributed by atoms with van der Waals surface area (Å²) in [7, 11) is 0. The van der Waals surface area contributed by atoms with Crippen LogP contribution in [0, 0.1) is 19.8 Å². The largest absolute Gasteiger partial charge is 0.369 e. The summed E-state index contributed by atoms with van der Waals surface area (Å²) in [6, 6.07) is 6.46. The van der Waals surface area contributed by atoms with Gasteiger partial charge in [0.1, 0.15) is 0 Å². The van der Waals surface area contributed by atoms with Crippen molar-refractivity contribution in [2.75, 3.05) is 26.2 Å². The fourth-order valence-electron chi connectivity index (χ4n) is 3.62. The van der Waals surface area contributed by atoms with Gasteiger partial charge in [0.15, 0.2) is 0 Å². The maximum absolute atomic E-state index is 12.3. The minimum Gasteiger partial charge on any atom is -0.369 e. The fourth-order valence-corrected chi connectivity index (χ4v) is 3.62. The van der Waals surface area contributed by atoms with Crippen molar-refractivity contribution in [3.63, 3.8) is 0 Å². The zero-order valence-electron chi connectivity index (χ0n) is 15.9. The van der Waals surface area contributed by atoms with Gasteiger partial charge in [-0.15, -0.1) is 0 Å². The van der Waals surface area contributed by atoms with Crippen LogP contribution in [0.15, 0.2) is 18.2 Å². The molecule has 5 nitrogen and oxygen atoms in total. The first kappa shape index (κ1) is 19.4. The topological polar surface area (TPSA) is 75.4 Å². The van der Waals surface area contributed by atoms with Crippen LogP contribution < -0.4 is 11.1 Å². The molecule has 0 radical (unpaired) electrons. The molecule has 1 aromatic rings. The van der Waals surface area contributed by atoms with Crippen LogP contribution in [0.2, 0.25) is 0 Å². The van der Waals surface area contributed by atoms with Crippen molar-refractivity contribution < 1.29 is 9.59 Å². The molecule has 25 heavy (non-hydrogen) atoms. The van der Waals surface area contributed by atoms with Crippen molar-refractivity contribution in [2.24, 2.45) is 11.7 Å². The van der Waals surface area contributed by atoms with E-state index < -0.39 is 0 Å². The monoisotopic (exact) mass is 345 g/mol. The summed E-state index contributed by atoms with van der Waals surface area (Å²) >= 11 is 0. The number of hydrogen-bond donors (Lipinski definition) is 2. The number of nitrogens with zero attached hydrogens (tertiary/aromatic N) is 1. The Labute approximate surface area is 151 Å². The Kier molecular flexibility index (Phi) is 6.22. The highest BCUT2D eigenvalue weighted by atomic mass is 16.2. The summed E-state index contributed by atoms with van der Waals surface area (Å²) in [5, 5.41) is 3.07. The number of carbonyl (C=O) groups excluding carboxylic acids is 2. The third-order valence-electron chi connectivity index (χ3n) is 5.20. The molecular weight excluding hydrogens is 314 g/mol. The first-order valence-corrected chi connectivity index (χ1v) is 9.05. The number of nitrogens with one attached hydrogen (secondary N) is 1. The molecule has 138 valence electrons. The lowest BCUT2D eigenvalue weighted by molar-refractivity contribution is -0.124. The van der Waals surface area contributed by atoms with E-state index in [4.69, 9.17) is 5.73 Å². The molecule has 1 saturated heterocycles. The first-order valence-electron chi connectivity index (χ1n) is 9.05. The summed E-state index contributed by atoms with van der Waals surface area (Å²) in [4.78, 5) is 25.6. The Morgan fingerprint density at radius 2 is 1.88 bits per heavy atom. The van der Waals surface area contributed by atoms with Crippen LogP contribution in [0.3, 0.4) is 0 Å². The Morgan fingerprint density at radius 3 is 2.44 bits per heavy atom. The van der Waals surface area contributed by atoms with Crippen LogP contribution in [0.4, 0.5) is 0 Å². The summed E-state index contributed by atoms with van der Waals surface area (Å²) in [5.74, 6) is -0.225. The van der Waals surface area contributed by atoms with Gasteiger partial charge in [-0.3, -0.25) is 14.5 Å². The predicted molar refractivity (Wildman–Crippen MR) is 100 cm³/mol. The van der Waals surface area contributed by atoms with Gasteiger partial charge < -0.3 is 11.1 Å². The van der Waals surface area contributed by atoms with E-state index in [2.05, 4.69) is 56.1 Å². The van der Waals surface area contributed by atoms with Crippen molar-refractivity contribution >= 4 is 11.8 Å². The highest BCUT2D eigenvalue weighted by Crippen LogP contribution is 2.26. The highest BCUT2D eigenvalue weighted by Gasteiger charge is 2.26. The standard InChI is InChI=1S/C20H31N3O2/c1-14-5-6-17(15(2)11-14)20(3,4)13-22-18(24)12-23-9-7-16(8-10-23)19(21)25/h5-6,11,16H,7-10,12-13H2,1-4H3,(H2,21,25)(H,22,24). The van der Waals surface area contributed by atoms with E-state index in [1.807, 2.05) is 0 Å². The van der Waals surface area contributed by atoms with E-state index in [1.165, 1.54) is 16.7 Å². The average Bonchev–Trinajstić information content (AvgIpc) is 2.53. The molecule has 0 unspecified atom stereocenters. The summed E-state index contributed by atoms with van der Waals surface area (Å²) in [6.45, 7) is 11.0. The van der Waals surface area contributed by atoms with E-state index in [-0.39, 0.29) is 23.1 Å². The van der Waals surface area contributed by atoms with Crippen LogP contribution in [0.1, 0.15) is 43.4 Å². The SMILES string of the molecule is Cc1ccc(C(C)(C)CNC(=O)CN2CCC(C(N)=O)CC2)c(C)c1. The van der Waals surface area contributed by atoms with Crippen LogP contribution in [0.25, 0.3) is 0 Å². The summed E-state index contributed by atoms with van der Waals surface area (Å²) in [6.07, 6.45) is 1.49. The predicted octanol–water partition coefficient (Wildman–Crippen LogP) is 1.89. The van der Waals surface area contributed by atoms with Gasteiger partial charge >= 0.3 is 0 Å². The van der Waals surface area contributed by atoms with Gasteiger partial charge in [-0.05, 0) is 50.9 Å². The van der Waals surface area contributed by atoms with E-state index in [0.29, 0.717) is 13.1 Å². The van der Waals surface area contributed by atoms with Gasteiger partial charge in [0, 0.05) is 17.9 Å². The molecule has 0 spiro atoms. The second-order valence-corrected chi connectivity index (χ2v) is 7.93. The van der Waals surface area contributed by atoms with Crippen LogP contribution in [-0.2, 0) is 15.0 Å². The zero-order chi connectivity index (χ0) is 18.6. The molecule has 2 amide bonds. The summed E-state index contributed by atoms with van der Waals surface area (Å²) in [5.41, 5.74) is 9.00. The van der Waals surface area contributed by atoms with Gasteiger partial charge in [0.25, 0.3) is 0 Å². The molecule has 0 aliphatic carbocycles. The van der Waals surface area contributed by atoms with Crippen molar-refractivity contribution in [2.45, 2.75) is 46.0 Å². The molecule has 2 rings (SSSR count). The Morgan fingerprint density at radius 1 is 1.24 bits per heavy atom. The molecule has 5 heteroatoms. The van der Waals surface area contributed by atoms with Crippen LogP contribution >= 0.6 is 0 Å². The Bertz CT molecular complexity index is 632. The van der Waals surface area contributed by atoms with E-state index in [1.54, 1.807) is 0 Å². The molecule has 0 bridgehead atoms. The maximum atomic E-state index is 12.3. The van der Waals surface area contributed by atoms with Crippen LogP contribution in [-0.4, -0.2) is 42.9 Å². The molecular formula is C20H31N3O2. The smallest absolute Gasteiger partial charge is 0.234 e. The molecule has 1 aromatic carbocycles. The summed E-state index contributed by atoms with van der Waals surface area (Å²) < 4.78 is 0. The van der Waals surface area contributed by atoms with E-state index in [9.17, 15) is 9.59 Å². The second kappa shape index (κ2) is 8.00. The van der Waals surface area contributed by atoms with Gasteiger partial charge in [0.05, 0.1) is 6.54 Å². The van der Waals surface area contributed by atoms with E-state index >= 15 is 0 Å². The molecule has 3 N–H and O–H groups in total. The van der Waals surface area contributed by atoms with Crippen molar-refractivity contribution in [3.05, 3.63) is 34.9 Å². The van der Waals surface area contributed by atoms with Gasteiger partial charge in [0.2, 0.25) is 11.8 Å². The minimum absolute atomic E-state index is 0.0374. The Balaban J connectivity index is 1.84. The normalized spacial score (nSPS) is 16.6. The number of amides is 2. The highest BCUT2D eigenvalue weighted by molar-refractivity contribution is 5.78. The van der Waals surface area contributed by atoms with E-state index in [0.717, 1.165) is 25.9 Å². The molecule has 0 atom stereocenters. The van der Waals surface area contributed by atoms with Gasteiger partial charge in [-0.25, -0.2) is 0 Å². The lowest BCUT2D eigenvalue weighted by Gasteiger charge is -2.31. The molecule has 1 aliphatic rings.